The molecular formula is C8H13N. The van der Waals surface area contributed by atoms with E-state index in [4.69, 9.17) is 5.73 Å². The lowest BCUT2D eigenvalue weighted by atomic mass is 10.2. The number of rotatable bonds is 2. The Morgan fingerprint density at radius 2 is 2.22 bits per heavy atom. The lowest BCUT2D eigenvalue weighted by Crippen LogP contribution is -1.91. The molecule has 1 saturated carbocycles. The highest BCUT2D eigenvalue weighted by atomic mass is 14.5. The Hall–Kier alpha value is -0.720. The first-order valence-corrected chi connectivity index (χ1v) is 3.32. The number of allylic oxidation sites excluding steroid dienone is 2. The molecule has 0 radical (unpaired) electrons. The van der Waals surface area contributed by atoms with Crippen molar-refractivity contribution >= 4 is 0 Å². The minimum atomic E-state index is 0.680. The summed E-state index contributed by atoms with van der Waals surface area (Å²) >= 11 is 0. The van der Waals surface area contributed by atoms with Crippen molar-refractivity contribution in [2.24, 2.45) is 11.7 Å². The van der Waals surface area contributed by atoms with E-state index < -0.39 is 0 Å². The van der Waals surface area contributed by atoms with Crippen LogP contribution in [0.4, 0.5) is 0 Å². The van der Waals surface area contributed by atoms with Crippen molar-refractivity contribution in [3.63, 3.8) is 0 Å². The van der Waals surface area contributed by atoms with Crippen LogP contribution in [-0.4, -0.2) is 0 Å². The third kappa shape index (κ3) is 1.92. The zero-order valence-electron chi connectivity index (χ0n) is 5.85. The van der Waals surface area contributed by atoms with Crippen LogP contribution in [-0.2, 0) is 0 Å². The summed E-state index contributed by atoms with van der Waals surface area (Å²) in [6, 6.07) is 0. The van der Waals surface area contributed by atoms with E-state index in [0.29, 0.717) is 5.70 Å². The van der Waals surface area contributed by atoms with Gasteiger partial charge in [0.15, 0.2) is 0 Å². The highest BCUT2D eigenvalue weighted by Gasteiger charge is 2.22. The Bertz CT molecular complexity index is 152. The average molecular weight is 123 g/mol. The van der Waals surface area contributed by atoms with Gasteiger partial charge in [0.25, 0.3) is 0 Å². The summed E-state index contributed by atoms with van der Waals surface area (Å²) < 4.78 is 0. The van der Waals surface area contributed by atoms with Crippen LogP contribution >= 0.6 is 0 Å². The summed E-state index contributed by atoms with van der Waals surface area (Å²) in [6.45, 7) is 5.73. The van der Waals surface area contributed by atoms with Gasteiger partial charge in [0.2, 0.25) is 0 Å². The Labute approximate surface area is 56.2 Å². The minimum Gasteiger partial charge on any atom is -0.399 e. The molecule has 0 saturated heterocycles. The number of nitrogens with two attached hydrogens (primary N) is 1. The highest BCUT2D eigenvalue weighted by Crippen LogP contribution is 2.36. The molecule has 1 aliphatic carbocycles. The Kier molecular flexibility index (Phi) is 1.60. The second-order valence-electron chi connectivity index (χ2n) is 2.74. The standard InChI is InChI=1S/C8H13N/c1-6(5-7(2)9)8-3-4-8/h5,8H,2-4,9H2,1H3/b6-5+. The lowest BCUT2D eigenvalue weighted by Gasteiger charge is -1.94. The fourth-order valence-electron chi connectivity index (χ4n) is 0.949. The van der Waals surface area contributed by atoms with Crippen molar-refractivity contribution in [1.82, 2.24) is 0 Å². The van der Waals surface area contributed by atoms with Crippen molar-refractivity contribution in [2.45, 2.75) is 19.8 Å². The van der Waals surface area contributed by atoms with Crippen LogP contribution < -0.4 is 5.73 Å². The first kappa shape index (κ1) is 6.40. The smallest absolute Gasteiger partial charge is 0.0240 e. The summed E-state index contributed by atoms with van der Waals surface area (Å²) in [4.78, 5) is 0. The van der Waals surface area contributed by atoms with E-state index in [1.165, 1.54) is 18.4 Å². The van der Waals surface area contributed by atoms with Crippen LogP contribution in [0.1, 0.15) is 19.8 Å². The predicted octanol–water partition coefficient (Wildman–Crippen LogP) is 1.82. The molecule has 0 atom stereocenters. The van der Waals surface area contributed by atoms with Gasteiger partial charge in [0.1, 0.15) is 0 Å². The highest BCUT2D eigenvalue weighted by molar-refractivity contribution is 5.20. The maximum Gasteiger partial charge on any atom is 0.0240 e. The van der Waals surface area contributed by atoms with E-state index >= 15 is 0 Å². The van der Waals surface area contributed by atoms with Crippen LogP contribution in [0, 0.1) is 5.92 Å². The van der Waals surface area contributed by atoms with Gasteiger partial charge in [-0.1, -0.05) is 12.2 Å². The third-order valence-electron chi connectivity index (χ3n) is 1.63. The first-order valence-electron chi connectivity index (χ1n) is 3.32. The number of hydrogen-bond acceptors (Lipinski definition) is 1. The van der Waals surface area contributed by atoms with Gasteiger partial charge < -0.3 is 5.73 Å². The van der Waals surface area contributed by atoms with E-state index in [1.807, 2.05) is 6.08 Å². The van der Waals surface area contributed by atoms with Crippen molar-refractivity contribution < 1.29 is 0 Å². The van der Waals surface area contributed by atoms with Crippen LogP contribution in [0.15, 0.2) is 23.9 Å². The van der Waals surface area contributed by atoms with Crippen molar-refractivity contribution in [1.29, 1.82) is 0 Å². The van der Waals surface area contributed by atoms with E-state index in [1.54, 1.807) is 0 Å². The second kappa shape index (κ2) is 2.26. The zero-order chi connectivity index (χ0) is 6.85. The molecule has 0 aromatic rings. The Balaban J connectivity index is 2.47. The van der Waals surface area contributed by atoms with Gasteiger partial charge in [-0.05, 0) is 31.8 Å². The quantitative estimate of drug-likeness (QED) is 0.557. The predicted molar refractivity (Wildman–Crippen MR) is 39.8 cm³/mol. The van der Waals surface area contributed by atoms with Crippen molar-refractivity contribution in [3.8, 4) is 0 Å². The molecule has 0 unspecified atom stereocenters. The molecule has 0 amide bonds. The van der Waals surface area contributed by atoms with Gasteiger partial charge in [-0.3, -0.25) is 0 Å². The van der Waals surface area contributed by atoms with Crippen LogP contribution in [0.2, 0.25) is 0 Å². The molecule has 2 N–H and O–H groups in total. The normalized spacial score (nSPS) is 19.9. The van der Waals surface area contributed by atoms with Gasteiger partial charge in [0.05, 0.1) is 0 Å². The molecule has 0 aromatic carbocycles. The topological polar surface area (TPSA) is 26.0 Å². The van der Waals surface area contributed by atoms with Gasteiger partial charge in [-0.25, -0.2) is 0 Å². The SMILES string of the molecule is C=C(N)/C=C(\C)C1CC1. The minimum absolute atomic E-state index is 0.680. The fourth-order valence-corrected chi connectivity index (χ4v) is 0.949. The molecule has 1 fully saturated rings. The molecule has 50 valence electrons. The monoisotopic (exact) mass is 123 g/mol. The molecule has 0 aromatic heterocycles. The first-order chi connectivity index (χ1) is 4.20. The maximum absolute atomic E-state index is 5.39. The maximum atomic E-state index is 5.39. The molecule has 1 nitrogen and oxygen atoms in total. The molecule has 1 aliphatic rings. The summed E-state index contributed by atoms with van der Waals surface area (Å²) in [5.41, 5.74) is 7.46. The largest absolute Gasteiger partial charge is 0.399 e. The number of hydrogen-bond donors (Lipinski definition) is 1. The third-order valence-corrected chi connectivity index (χ3v) is 1.63. The zero-order valence-corrected chi connectivity index (χ0v) is 5.85. The van der Waals surface area contributed by atoms with E-state index in [2.05, 4.69) is 13.5 Å². The molecule has 1 rings (SSSR count). The Morgan fingerprint density at radius 3 is 2.56 bits per heavy atom. The van der Waals surface area contributed by atoms with E-state index in [-0.39, 0.29) is 0 Å². The molecule has 1 heteroatoms. The van der Waals surface area contributed by atoms with Crippen LogP contribution in [0.5, 0.6) is 0 Å². The molecule has 0 heterocycles. The lowest BCUT2D eigenvalue weighted by molar-refractivity contribution is 1.00. The molecular weight excluding hydrogens is 110 g/mol. The molecule has 9 heavy (non-hydrogen) atoms. The van der Waals surface area contributed by atoms with Gasteiger partial charge in [0, 0.05) is 5.70 Å². The van der Waals surface area contributed by atoms with Crippen molar-refractivity contribution in [3.05, 3.63) is 23.9 Å². The fraction of sp³-hybridized carbons (Fsp3) is 0.500. The molecule has 0 bridgehead atoms. The van der Waals surface area contributed by atoms with Crippen molar-refractivity contribution in [2.75, 3.05) is 0 Å². The van der Waals surface area contributed by atoms with E-state index in [0.717, 1.165) is 5.92 Å². The summed E-state index contributed by atoms with van der Waals surface area (Å²) in [5.74, 6) is 0.824. The van der Waals surface area contributed by atoms with Gasteiger partial charge >= 0.3 is 0 Å². The molecule has 0 spiro atoms. The van der Waals surface area contributed by atoms with Crippen LogP contribution in [0.3, 0.4) is 0 Å². The summed E-state index contributed by atoms with van der Waals surface area (Å²) in [5, 5.41) is 0. The Morgan fingerprint density at radius 1 is 1.67 bits per heavy atom. The van der Waals surface area contributed by atoms with Crippen LogP contribution in [0.25, 0.3) is 0 Å². The second-order valence-corrected chi connectivity index (χ2v) is 2.74. The summed E-state index contributed by atoms with van der Waals surface area (Å²) in [7, 11) is 0. The average Bonchev–Trinajstić information content (AvgIpc) is 2.40. The summed E-state index contributed by atoms with van der Waals surface area (Å²) in [6.07, 6.45) is 4.66. The van der Waals surface area contributed by atoms with Gasteiger partial charge in [-0.2, -0.15) is 0 Å². The molecule has 0 aliphatic heterocycles. The van der Waals surface area contributed by atoms with Gasteiger partial charge in [-0.15, -0.1) is 0 Å². The van der Waals surface area contributed by atoms with E-state index in [9.17, 15) is 0 Å².